The Morgan fingerprint density at radius 2 is 1.93 bits per heavy atom. The quantitative estimate of drug-likeness (QED) is 0.542. The van der Waals surface area contributed by atoms with E-state index in [0.29, 0.717) is 0 Å². The molecule has 0 amide bonds. The van der Waals surface area contributed by atoms with Gasteiger partial charge in [0, 0.05) is 0 Å². The van der Waals surface area contributed by atoms with Gasteiger partial charge in [0.05, 0.1) is 0 Å². The number of rotatable bonds is 0. The second-order valence-corrected chi connectivity index (χ2v) is 3.07. The van der Waals surface area contributed by atoms with Crippen molar-refractivity contribution in [2.45, 2.75) is 32.6 Å². The summed E-state index contributed by atoms with van der Waals surface area (Å²) in [5.74, 6) is 0. The van der Waals surface area contributed by atoms with Crippen LogP contribution in [0.3, 0.4) is 0 Å². The molecule has 0 atom stereocenters. The molecule has 1 aliphatic carbocycles. The molecule has 0 heterocycles. The minimum atomic E-state index is 0. The van der Waals surface area contributed by atoms with Crippen LogP contribution in [0.15, 0.2) is 18.2 Å². The first kappa shape index (κ1) is 16.9. The minimum absolute atomic E-state index is 0. The summed E-state index contributed by atoms with van der Waals surface area (Å²) in [5, 5.41) is 8.93. The first-order valence-corrected chi connectivity index (χ1v) is 4.70. The van der Waals surface area contributed by atoms with Crippen LogP contribution >= 0.6 is 0 Å². The predicted molar refractivity (Wildman–Crippen MR) is 49.2 cm³/mol. The molecule has 0 unspecified atom stereocenters. The molecular weight excluding hydrogens is 275 g/mol. The average molecular weight is 291 g/mol. The molecule has 0 bridgehead atoms. The number of fused-ring (bicyclic) bond motifs is 1. The third-order valence-corrected chi connectivity index (χ3v) is 2.15. The van der Waals surface area contributed by atoms with Crippen LogP contribution in [0.5, 0.6) is 0 Å². The second kappa shape index (κ2) is 10.0. The summed E-state index contributed by atoms with van der Waals surface area (Å²) in [6.07, 6.45) is 5.44. The smallest absolute Gasteiger partial charge is 1.00 e. The SMILES string of the molecule is CC[O-].[Cl-].[Zr+3].c1cc2c([cH-]1)CCCC2. The standard InChI is InChI=1S/C9H11.C2H5O.ClH.Zr/c1-2-5-9-7-3-6-8(9)4-1;1-2-3;;/h3,6-7H,1-2,4-5H2;2H2,1H3;1H;/q2*-1;;+3/p-1. The van der Waals surface area contributed by atoms with Gasteiger partial charge in [0.15, 0.2) is 0 Å². The van der Waals surface area contributed by atoms with Gasteiger partial charge in [-0.15, -0.1) is 6.61 Å². The van der Waals surface area contributed by atoms with Crippen molar-refractivity contribution in [3.05, 3.63) is 29.3 Å². The summed E-state index contributed by atoms with van der Waals surface area (Å²) in [6.45, 7) is 1.57. The van der Waals surface area contributed by atoms with E-state index in [1.165, 1.54) is 25.7 Å². The largest absolute Gasteiger partial charge is 3.00 e. The van der Waals surface area contributed by atoms with Gasteiger partial charge in [0.2, 0.25) is 0 Å². The maximum absolute atomic E-state index is 8.93. The summed E-state index contributed by atoms with van der Waals surface area (Å²) in [7, 11) is 0. The fourth-order valence-electron chi connectivity index (χ4n) is 1.61. The molecule has 1 aliphatic rings. The van der Waals surface area contributed by atoms with Crippen molar-refractivity contribution in [1.29, 1.82) is 0 Å². The Morgan fingerprint density at radius 1 is 1.36 bits per heavy atom. The van der Waals surface area contributed by atoms with Gasteiger partial charge in [-0.25, -0.2) is 6.07 Å². The Bertz CT molecular complexity index is 202. The van der Waals surface area contributed by atoms with Gasteiger partial charge in [0.25, 0.3) is 0 Å². The van der Waals surface area contributed by atoms with Crippen LogP contribution in [-0.2, 0) is 39.0 Å². The van der Waals surface area contributed by atoms with Gasteiger partial charge in [0.1, 0.15) is 0 Å². The van der Waals surface area contributed by atoms with Crippen LogP contribution in [0.25, 0.3) is 0 Å². The molecule has 1 aromatic rings. The molecule has 77 valence electrons. The molecule has 3 heteroatoms. The molecule has 0 aromatic heterocycles. The van der Waals surface area contributed by atoms with Crippen molar-refractivity contribution in [2.24, 2.45) is 0 Å². The molecule has 1 nitrogen and oxygen atoms in total. The molecule has 0 aliphatic heterocycles. The fraction of sp³-hybridized carbons (Fsp3) is 0.545. The predicted octanol–water partition coefficient (Wildman–Crippen LogP) is -1.35. The van der Waals surface area contributed by atoms with Crippen LogP contribution < -0.4 is 17.5 Å². The van der Waals surface area contributed by atoms with E-state index in [1.807, 2.05) is 0 Å². The monoisotopic (exact) mass is 289 g/mol. The number of halogens is 1. The Kier molecular flexibility index (Phi) is 12.1. The third kappa shape index (κ3) is 5.39. The van der Waals surface area contributed by atoms with Crippen molar-refractivity contribution in [1.82, 2.24) is 0 Å². The Hall–Kier alpha value is 0.483. The van der Waals surface area contributed by atoms with Gasteiger partial charge >= 0.3 is 26.2 Å². The van der Waals surface area contributed by atoms with E-state index in [4.69, 9.17) is 5.11 Å². The maximum atomic E-state index is 8.93. The van der Waals surface area contributed by atoms with Crippen LogP contribution in [0, 0.1) is 0 Å². The van der Waals surface area contributed by atoms with Gasteiger partial charge in [-0.1, -0.05) is 32.6 Å². The number of hydrogen-bond acceptors (Lipinski definition) is 1. The molecular formula is C11H16ClOZr. The Morgan fingerprint density at radius 3 is 2.50 bits per heavy atom. The average Bonchev–Trinajstić information content (AvgIpc) is 2.52. The van der Waals surface area contributed by atoms with Crippen LogP contribution in [0.2, 0.25) is 0 Å². The normalized spacial score (nSPS) is 12.4. The summed E-state index contributed by atoms with van der Waals surface area (Å²) in [5.41, 5.74) is 3.20. The summed E-state index contributed by atoms with van der Waals surface area (Å²) >= 11 is 0. The van der Waals surface area contributed by atoms with Crippen molar-refractivity contribution in [3.8, 4) is 0 Å². The third-order valence-electron chi connectivity index (χ3n) is 2.15. The zero-order chi connectivity index (χ0) is 8.81. The van der Waals surface area contributed by atoms with E-state index in [9.17, 15) is 0 Å². The molecule has 1 aromatic carbocycles. The van der Waals surface area contributed by atoms with E-state index in [-0.39, 0.29) is 45.2 Å². The molecule has 2 rings (SSSR count). The van der Waals surface area contributed by atoms with Crippen molar-refractivity contribution >= 4 is 0 Å². The zero-order valence-corrected chi connectivity index (χ0v) is 11.8. The van der Waals surface area contributed by atoms with Gasteiger partial charge < -0.3 is 17.5 Å². The molecule has 0 N–H and O–H groups in total. The molecule has 0 spiro atoms. The zero-order valence-electron chi connectivity index (χ0n) is 8.55. The van der Waals surface area contributed by atoms with E-state index in [0.717, 1.165) is 0 Å². The molecule has 0 saturated heterocycles. The Balaban J connectivity index is 0. The van der Waals surface area contributed by atoms with E-state index in [2.05, 4.69) is 18.2 Å². The van der Waals surface area contributed by atoms with Gasteiger partial charge in [-0.05, 0) is 0 Å². The van der Waals surface area contributed by atoms with E-state index >= 15 is 0 Å². The van der Waals surface area contributed by atoms with Crippen molar-refractivity contribution in [3.63, 3.8) is 0 Å². The molecule has 0 saturated carbocycles. The second-order valence-electron chi connectivity index (χ2n) is 3.07. The molecule has 0 fully saturated rings. The van der Waals surface area contributed by atoms with Crippen LogP contribution in [0.4, 0.5) is 0 Å². The van der Waals surface area contributed by atoms with Crippen molar-refractivity contribution in [2.75, 3.05) is 6.61 Å². The minimum Gasteiger partial charge on any atom is -1.00 e. The van der Waals surface area contributed by atoms with E-state index in [1.54, 1.807) is 18.1 Å². The first-order chi connectivity index (χ1) is 5.88. The van der Waals surface area contributed by atoms with Crippen LogP contribution in [-0.4, -0.2) is 6.61 Å². The van der Waals surface area contributed by atoms with Gasteiger partial charge in [-0.2, -0.15) is 23.3 Å². The first-order valence-electron chi connectivity index (χ1n) is 4.70. The summed E-state index contributed by atoms with van der Waals surface area (Å²) < 4.78 is 0. The maximum Gasteiger partial charge on any atom is 3.00 e. The summed E-state index contributed by atoms with van der Waals surface area (Å²) in [4.78, 5) is 0. The topological polar surface area (TPSA) is 23.1 Å². The van der Waals surface area contributed by atoms with Gasteiger partial charge in [-0.3, -0.25) is 0 Å². The Labute approximate surface area is 112 Å². The molecule has 14 heavy (non-hydrogen) atoms. The fourth-order valence-corrected chi connectivity index (χ4v) is 1.61. The number of hydrogen-bond donors (Lipinski definition) is 0. The van der Waals surface area contributed by atoms with Crippen LogP contribution in [0.1, 0.15) is 30.9 Å². The van der Waals surface area contributed by atoms with E-state index < -0.39 is 0 Å². The molecule has 1 radical (unpaired) electrons. The summed E-state index contributed by atoms with van der Waals surface area (Å²) in [6, 6.07) is 6.69. The van der Waals surface area contributed by atoms with Crippen molar-refractivity contribution < 1.29 is 43.7 Å². The number of aryl methyl sites for hydroxylation is 2.